The van der Waals surface area contributed by atoms with Crippen LogP contribution in [-0.4, -0.2) is 12.1 Å². The quantitative estimate of drug-likeness (QED) is 0.394. The summed E-state index contributed by atoms with van der Waals surface area (Å²) in [4.78, 5) is 23.5. The zero-order valence-corrected chi connectivity index (χ0v) is 15.3. The third-order valence-electron chi connectivity index (χ3n) is 4.81. The van der Waals surface area contributed by atoms with Gasteiger partial charge in [-0.15, -0.1) is 0 Å². The lowest BCUT2D eigenvalue weighted by Gasteiger charge is -2.17. The van der Waals surface area contributed by atoms with Crippen LogP contribution in [0.1, 0.15) is 83.7 Å². The number of hydrogen-bond donors (Lipinski definition) is 0. The number of hydrogen-bond acceptors (Lipinski definition) is 2. The number of rotatable bonds is 10. The lowest BCUT2D eigenvalue weighted by Crippen LogP contribution is -2.05. The summed E-state index contributed by atoms with van der Waals surface area (Å²) in [5.41, 5.74) is 3.81. The molecule has 132 valence electrons. The second-order valence-corrected chi connectivity index (χ2v) is 6.60. The Kier molecular flexibility index (Phi) is 7.59. The van der Waals surface area contributed by atoms with Crippen LogP contribution in [0.2, 0.25) is 0 Å². The van der Waals surface area contributed by atoms with E-state index < -0.39 is 0 Å². The summed E-state index contributed by atoms with van der Waals surface area (Å²) in [6.45, 7) is 4.39. The topological polar surface area (TPSA) is 34.1 Å². The first-order valence-electron chi connectivity index (χ1n) is 9.35. The zero-order chi connectivity index (χ0) is 18.1. The lowest BCUT2D eigenvalue weighted by molar-refractivity contribution is 0.0972. The number of ketones is 1. The Morgan fingerprint density at radius 2 is 1.84 bits per heavy atom. The van der Waals surface area contributed by atoms with Crippen LogP contribution < -0.4 is 0 Å². The van der Waals surface area contributed by atoms with Gasteiger partial charge in [-0.3, -0.25) is 9.59 Å². The van der Waals surface area contributed by atoms with Gasteiger partial charge in [-0.05, 0) is 42.7 Å². The van der Waals surface area contributed by atoms with E-state index in [9.17, 15) is 9.59 Å². The minimum Gasteiger partial charge on any atom is -0.298 e. The van der Waals surface area contributed by atoms with E-state index in [2.05, 4.69) is 38.1 Å². The van der Waals surface area contributed by atoms with E-state index in [1.807, 2.05) is 6.07 Å². The molecule has 0 amide bonds. The summed E-state index contributed by atoms with van der Waals surface area (Å²) in [6.07, 6.45) is 6.47. The molecule has 0 bridgehead atoms. The van der Waals surface area contributed by atoms with Gasteiger partial charge in [0.1, 0.15) is 0 Å². The summed E-state index contributed by atoms with van der Waals surface area (Å²) >= 11 is 0. The molecule has 0 aromatic heterocycles. The predicted molar refractivity (Wildman–Crippen MR) is 103 cm³/mol. The molecule has 0 aliphatic heterocycles. The largest absolute Gasteiger partial charge is 0.298 e. The van der Waals surface area contributed by atoms with Gasteiger partial charge in [-0.25, -0.2) is 0 Å². The van der Waals surface area contributed by atoms with Crippen molar-refractivity contribution in [1.29, 1.82) is 0 Å². The normalized spacial score (nSPS) is 11.9. The molecule has 2 nitrogen and oxygen atoms in total. The molecule has 0 fully saturated rings. The Morgan fingerprint density at radius 1 is 1.04 bits per heavy atom. The molecule has 2 aromatic rings. The number of carbonyl (C=O) groups excluding carboxylic acids is 2. The Labute approximate surface area is 151 Å². The fourth-order valence-electron chi connectivity index (χ4n) is 3.39. The van der Waals surface area contributed by atoms with Crippen molar-refractivity contribution >= 4 is 12.1 Å². The second kappa shape index (κ2) is 9.93. The third-order valence-corrected chi connectivity index (χ3v) is 4.81. The molecule has 0 spiro atoms. The highest BCUT2D eigenvalue weighted by Gasteiger charge is 2.14. The van der Waals surface area contributed by atoms with Gasteiger partial charge in [0, 0.05) is 17.5 Å². The zero-order valence-electron chi connectivity index (χ0n) is 15.3. The van der Waals surface area contributed by atoms with Crippen LogP contribution in [0.15, 0.2) is 48.5 Å². The summed E-state index contributed by atoms with van der Waals surface area (Å²) in [5.74, 6) is 0.575. The van der Waals surface area contributed by atoms with Crippen LogP contribution in [0.25, 0.3) is 0 Å². The first kappa shape index (κ1) is 19.1. The highest BCUT2D eigenvalue weighted by molar-refractivity contribution is 6.02. The molecule has 0 aliphatic rings. The van der Waals surface area contributed by atoms with Gasteiger partial charge in [0.05, 0.1) is 0 Å². The van der Waals surface area contributed by atoms with Gasteiger partial charge in [0.25, 0.3) is 0 Å². The highest BCUT2D eigenvalue weighted by Crippen LogP contribution is 2.28. The maximum Gasteiger partial charge on any atom is 0.163 e. The van der Waals surface area contributed by atoms with Gasteiger partial charge >= 0.3 is 0 Å². The molecule has 0 aliphatic carbocycles. The monoisotopic (exact) mass is 336 g/mol. The molecule has 25 heavy (non-hydrogen) atoms. The van der Waals surface area contributed by atoms with Crippen molar-refractivity contribution in [1.82, 2.24) is 0 Å². The Balaban J connectivity index is 1.99. The average Bonchev–Trinajstić information content (AvgIpc) is 2.67. The Hall–Kier alpha value is -2.22. The van der Waals surface area contributed by atoms with Gasteiger partial charge in [0.15, 0.2) is 12.1 Å². The minimum absolute atomic E-state index is 0.0697. The van der Waals surface area contributed by atoms with E-state index in [0.29, 0.717) is 23.5 Å². The minimum atomic E-state index is 0.0697. The van der Waals surface area contributed by atoms with E-state index in [4.69, 9.17) is 0 Å². The van der Waals surface area contributed by atoms with Crippen molar-refractivity contribution in [3.63, 3.8) is 0 Å². The molecule has 1 unspecified atom stereocenters. The van der Waals surface area contributed by atoms with Crippen LogP contribution in [0, 0.1) is 0 Å². The van der Waals surface area contributed by atoms with Crippen molar-refractivity contribution in [3.05, 3.63) is 70.8 Å². The summed E-state index contributed by atoms with van der Waals surface area (Å²) in [6, 6.07) is 15.9. The molecule has 2 heteroatoms. The summed E-state index contributed by atoms with van der Waals surface area (Å²) < 4.78 is 0. The van der Waals surface area contributed by atoms with Crippen molar-refractivity contribution in [2.75, 3.05) is 0 Å². The molecule has 0 saturated carbocycles. The van der Waals surface area contributed by atoms with Crippen molar-refractivity contribution in [2.24, 2.45) is 0 Å². The number of benzene rings is 2. The SMILES string of the molecule is CCCC(CCCC(=O)c1ccccc1C=O)c1cccc(CC)c1. The van der Waals surface area contributed by atoms with E-state index in [1.165, 1.54) is 11.1 Å². The number of aryl methyl sites for hydroxylation is 1. The van der Waals surface area contributed by atoms with Crippen LogP contribution >= 0.6 is 0 Å². The predicted octanol–water partition coefficient (Wildman–Crippen LogP) is 6.00. The number of carbonyl (C=O) groups is 2. The van der Waals surface area contributed by atoms with Gasteiger partial charge < -0.3 is 0 Å². The first-order valence-corrected chi connectivity index (χ1v) is 9.35. The highest BCUT2D eigenvalue weighted by atomic mass is 16.1. The maximum absolute atomic E-state index is 12.4. The van der Waals surface area contributed by atoms with E-state index >= 15 is 0 Å². The molecule has 0 heterocycles. The van der Waals surface area contributed by atoms with Gasteiger partial charge in [-0.1, -0.05) is 68.8 Å². The Bertz CT molecular complexity index is 703. The van der Waals surface area contributed by atoms with E-state index in [0.717, 1.165) is 38.4 Å². The van der Waals surface area contributed by atoms with Crippen molar-refractivity contribution < 1.29 is 9.59 Å². The van der Waals surface area contributed by atoms with Crippen LogP contribution in [-0.2, 0) is 6.42 Å². The molecule has 2 rings (SSSR count). The molecular formula is C23H28O2. The van der Waals surface area contributed by atoms with E-state index in [1.54, 1.807) is 18.2 Å². The van der Waals surface area contributed by atoms with Gasteiger partial charge in [-0.2, -0.15) is 0 Å². The van der Waals surface area contributed by atoms with Gasteiger partial charge in [0.2, 0.25) is 0 Å². The fraction of sp³-hybridized carbons (Fsp3) is 0.391. The second-order valence-electron chi connectivity index (χ2n) is 6.60. The van der Waals surface area contributed by atoms with Crippen LogP contribution in [0.3, 0.4) is 0 Å². The Morgan fingerprint density at radius 3 is 2.56 bits per heavy atom. The van der Waals surface area contributed by atoms with Crippen molar-refractivity contribution in [2.45, 2.75) is 58.3 Å². The molecule has 0 radical (unpaired) electrons. The maximum atomic E-state index is 12.4. The third kappa shape index (κ3) is 5.38. The standard InChI is InChI=1S/C23H28O2/c1-3-9-19(20-13-7-10-18(4-2)16-20)12-8-15-23(25)22-14-6-5-11-21(22)17-24/h5-7,10-11,13-14,16-17,19H,3-4,8-9,12,15H2,1-2H3. The smallest absolute Gasteiger partial charge is 0.163 e. The fourth-order valence-corrected chi connectivity index (χ4v) is 3.39. The average molecular weight is 336 g/mol. The van der Waals surface area contributed by atoms with E-state index in [-0.39, 0.29) is 5.78 Å². The van der Waals surface area contributed by atoms with Crippen LogP contribution in [0.4, 0.5) is 0 Å². The first-order chi connectivity index (χ1) is 12.2. The summed E-state index contributed by atoms with van der Waals surface area (Å²) in [7, 11) is 0. The number of aldehydes is 1. The van der Waals surface area contributed by atoms with Crippen LogP contribution in [0.5, 0.6) is 0 Å². The molecule has 1 atom stereocenters. The molecule has 2 aromatic carbocycles. The number of Topliss-reactive ketones (excluding diaryl/α,β-unsaturated/α-hetero) is 1. The lowest BCUT2D eigenvalue weighted by atomic mass is 9.87. The van der Waals surface area contributed by atoms with Crippen molar-refractivity contribution in [3.8, 4) is 0 Å². The molecular weight excluding hydrogens is 308 g/mol. The molecule has 0 N–H and O–H groups in total. The molecule has 0 saturated heterocycles. The summed E-state index contributed by atoms with van der Waals surface area (Å²) in [5, 5.41) is 0.